The lowest BCUT2D eigenvalue weighted by atomic mass is 9.90. The molecule has 0 atom stereocenters. The van der Waals surface area contributed by atoms with E-state index in [-0.39, 0.29) is 0 Å². The number of carbonyl (C=O) groups is 2. The molecule has 1 saturated heterocycles. The van der Waals surface area contributed by atoms with Crippen LogP contribution < -0.4 is 5.32 Å². The van der Waals surface area contributed by atoms with E-state index in [2.05, 4.69) is 29.6 Å². The number of nitrogens with zero attached hydrogens (tertiary/aromatic N) is 1. The summed E-state index contributed by atoms with van der Waals surface area (Å²) < 4.78 is 0. The highest BCUT2D eigenvalue weighted by molar-refractivity contribution is 6.35. The molecule has 4 nitrogen and oxygen atoms in total. The Balaban J connectivity index is 1.77. The highest BCUT2D eigenvalue weighted by Gasteiger charge is 2.26. The second kappa shape index (κ2) is 8.03. The van der Waals surface area contributed by atoms with Crippen LogP contribution in [0.4, 0.5) is 0 Å². The summed E-state index contributed by atoms with van der Waals surface area (Å²) in [6.07, 6.45) is 2.94. The van der Waals surface area contributed by atoms with Crippen molar-refractivity contribution in [3.05, 3.63) is 35.9 Å². The van der Waals surface area contributed by atoms with E-state index >= 15 is 0 Å². The van der Waals surface area contributed by atoms with Crippen molar-refractivity contribution in [2.75, 3.05) is 25.5 Å². The number of hydrogen-bond acceptors (Lipinski definition) is 2. The molecule has 0 aliphatic carbocycles. The Hall–Kier alpha value is -1.55. The minimum atomic E-state index is -0.544. The lowest BCUT2D eigenvalue weighted by molar-refractivity contribution is -0.146. The molecule has 1 N–H and O–H groups in total. The van der Waals surface area contributed by atoms with Crippen molar-refractivity contribution >= 4 is 23.4 Å². The van der Waals surface area contributed by atoms with E-state index < -0.39 is 11.8 Å². The number of alkyl halides is 1. The quantitative estimate of drug-likeness (QED) is 0.681. The van der Waals surface area contributed by atoms with Crippen LogP contribution in [0.3, 0.4) is 0 Å². The Morgan fingerprint density at radius 2 is 1.86 bits per heavy atom. The molecule has 5 heteroatoms. The summed E-state index contributed by atoms with van der Waals surface area (Å²) in [6, 6.07) is 10.4. The van der Waals surface area contributed by atoms with Gasteiger partial charge in [-0.25, -0.2) is 0 Å². The second-order valence-electron chi connectivity index (χ2n) is 5.37. The maximum absolute atomic E-state index is 11.9. The summed E-state index contributed by atoms with van der Waals surface area (Å²) in [6.45, 7) is 1.64. The fourth-order valence-electron chi connectivity index (χ4n) is 2.67. The second-order valence-corrected chi connectivity index (χ2v) is 5.75. The van der Waals surface area contributed by atoms with E-state index in [9.17, 15) is 9.59 Å². The Kier molecular flexibility index (Phi) is 6.05. The van der Waals surface area contributed by atoms with Gasteiger partial charge >= 0.3 is 11.8 Å². The lowest BCUT2D eigenvalue weighted by Gasteiger charge is -2.31. The SMILES string of the molecule is O=C(NCCCl)C(=O)N1CCC(Cc2ccccc2)CC1. The van der Waals surface area contributed by atoms with Crippen LogP contribution in [0.15, 0.2) is 30.3 Å². The van der Waals surface area contributed by atoms with Gasteiger partial charge in [-0.15, -0.1) is 11.6 Å². The molecular formula is C16H21ClN2O2. The van der Waals surface area contributed by atoms with Crippen LogP contribution in [0, 0.1) is 5.92 Å². The van der Waals surface area contributed by atoms with Gasteiger partial charge in [0, 0.05) is 25.5 Å². The van der Waals surface area contributed by atoms with Crippen LogP contribution in [0.25, 0.3) is 0 Å². The molecule has 0 radical (unpaired) electrons. The first-order valence-electron chi connectivity index (χ1n) is 7.37. The monoisotopic (exact) mass is 308 g/mol. The van der Waals surface area contributed by atoms with Crippen LogP contribution in [-0.4, -0.2) is 42.2 Å². The highest BCUT2D eigenvalue weighted by Crippen LogP contribution is 2.21. The van der Waals surface area contributed by atoms with E-state index in [1.165, 1.54) is 5.56 Å². The third-order valence-corrected chi connectivity index (χ3v) is 4.03. The van der Waals surface area contributed by atoms with Crippen molar-refractivity contribution in [2.45, 2.75) is 19.3 Å². The van der Waals surface area contributed by atoms with Gasteiger partial charge < -0.3 is 10.2 Å². The molecule has 1 aliphatic rings. The summed E-state index contributed by atoms with van der Waals surface area (Å²) >= 11 is 5.49. The predicted octanol–water partition coefficient (Wildman–Crippen LogP) is 1.82. The number of nitrogens with one attached hydrogen (secondary N) is 1. The molecule has 0 spiro atoms. The molecule has 114 valence electrons. The molecule has 2 rings (SSSR count). The molecule has 0 bridgehead atoms. The molecule has 2 amide bonds. The van der Waals surface area contributed by atoms with E-state index in [0.29, 0.717) is 31.4 Å². The molecule has 21 heavy (non-hydrogen) atoms. The Labute approximate surface area is 130 Å². The maximum atomic E-state index is 11.9. The molecule has 0 saturated carbocycles. The maximum Gasteiger partial charge on any atom is 0.311 e. The summed E-state index contributed by atoms with van der Waals surface area (Å²) in [5.74, 6) is -0.0733. The average molecular weight is 309 g/mol. The van der Waals surface area contributed by atoms with Gasteiger partial charge in [-0.1, -0.05) is 30.3 Å². The van der Waals surface area contributed by atoms with Gasteiger partial charge in [-0.05, 0) is 30.7 Å². The molecule has 1 heterocycles. The fraction of sp³-hybridized carbons (Fsp3) is 0.500. The minimum Gasteiger partial charge on any atom is -0.347 e. The van der Waals surface area contributed by atoms with Gasteiger partial charge in [0.1, 0.15) is 0 Å². The van der Waals surface area contributed by atoms with E-state index in [1.807, 2.05) is 6.07 Å². The standard InChI is InChI=1S/C16H21ClN2O2/c17-8-9-18-15(20)16(21)19-10-6-14(7-11-19)12-13-4-2-1-3-5-13/h1-5,14H,6-12H2,(H,18,20). The zero-order chi connectivity index (χ0) is 15.1. The van der Waals surface area contributed by atoms with Gasteiger partial charge in [0.05, 0.1) is 0 Å². The lowest BCUT2D eigenvalue weighted by Crippen LogP contribution is -2.47. The predicted molar refractivity (Wildman–Crippen MR) is 83.2 cm³/mol. The molecular weight excluding hydrogens is 288 g/mol. The average Bonchev–Trinajstić information content (AvgIpc) is 2.53. The van der Waals surface area contributed by atoms with E-state index in [1.54, 1.807) is 4.90 Å². The van der Waals surface area contributed by atoms with Crippen LogP contribution >= 0.6 is 11.6 Å². The summed E-state index contributed by atoms with van der Waals surface area (Å²) in [5.41, 5.74) is 1.34. The largest absolute Gasteiger partial charge is 0.347 e. The molecule has 0 aromatic heterocycles. The fourth-order valence-corrected chi connectivity index (χ4v) is 2.76. The van der Waals surface area contributed by atoms with Crippen molar-refractivity contribution in [1.29, 1.82) is 0 Å². The van der Waals surface area contributed by atoms with Crippen molar-refractivity contribution in [1.82, 2.24) is 10.2 Å². The van der Waals surface area contributed by atoms with Crippen molar-refractivity contribution in [3.63, 3.8) is 0 Å². The first kappa shape index (κ1) is 15.8. The molecule has 1 aromatic carbocycles. The Morgan fingerprint density at radius 1 is 1.19 bits per heavy atom. The highest BCUT2D eigenvalue weighted by atomic mass is 35.5. The number of halogens is 1. The first-order valence-corrected chi connectivity index (χ1v) is 7.91. The summed E-state index contributed by atoms with van der Waals surface area (Å²) in [5, 5.41) is 2.52. The van der Waals surface area contributed by atoms with Gasteiger partial charge in [0.2, 0.25) is 0 Å². The summed E-state index contributed by atoms with van der Waals surface area (Å²) in [4.78, 5) is 25.2. The number of rotatable bonds is 4. The van der Waals surface area contributed by atoms with Crippen LogP contribution in [0.1, 0.15) is 18.4 Å². The zero-order valence-corrected chi connectivity index (χ0v) is 12.8. The topological polar surface area (TPSA) is 49.4 Å². The molecule has 1 fully saturated rings. The number of benzene rings is 1. The van der Waals surface area contributed by atoms with Gasteiger partial charge in [0.15, 0.2) is 0 Å². The zero-order valence-electron chi connectivity index (χ0n) is 12.1. The van der Waals surface area contributed by atoms with E-state index in [0.717, 1.165) is 19.3 Å². The van der Waals surface area contributed by atoms with Crippen LogP contribution in [0.2, 0.25) is 0 Å². The van der Waals surface area contributed by atoms with Gasteiger partial charge in [-0.2, -0.15) is 0 Å². The Bertz CT molecular complexity index is 470. The van der Waals surface area contributed by atoms with Gasteiger partial charge in [-0.3, -0.25) is 9.59 Å². The van der Waals surface area contributed by atoms with Crippen LogP contribution in [-0.2, 0) is 16.0 Å². The van der Waals surface area contributed by atoms with Crippen molar-refractivity contribution < 1.29 is 9.59 Å². The number of likely N-dealkylation sites (tertiary alicyclic amines) is 1. The molecule has 0 unspecified atom stereocenters. The van der Waals surface area contributed by atoms with Gasteiger partial charge in [0.25, 0.3) is 0 Å². The number of piperidine rings is 1. The van der Waals surface area contributed by atoms with Crippen molar-refractivity contribution in [3.8, 4) is 0 Å². The minimum absolute atomic E-state index is 0.318. The third-order valence-electron chi connectivity index (χ3n) is 3.84. The van der Waals surface area contributed by atoms with Crippen LogP contribution in [0.5, 0.6) is 0 Å². The molecule has 1 aromatic rings. The summed E-state index contributed by atoms with van der Waals surface area (Å²) in [7, 11) is 0. The number of amides is 2. The first-order chi connectivity index (χ1) is 10.2. The Morgan fingerprint density at radius 3 is 2.48 bits per heavy atom. The number of hydrogen-bond donors (Lipinski definition) is 1. The smallest absolute Gasteiger partial charge is 0.311 e. The van der Waals surface area contributed by atoms with E-state index in [4.69, 9.17) is 11.6 Å². The third kappa shape index (κ3) is 4.74. The molecule has 1 aliphatic heterocycles. The van der Waals surface area contributed by atoms with Crippen molar-refractivity contribution in [2.24, 2.45) is 5.92 Å². The number of carbonyl (C=O) groups excluding carboxylic acids is 2. The normalized spacial score (nSPS) is 15.8.